The second-order valence-corrected chi connectivity index (χ2v) is 3.63. The summed E-state index contributed by atoms with van der Waals surface area (Å²) in [7, 11) is 0. The van der Waals surface area contributed by atoms with Crippen LogP contribution in [0.2, 0.25) is 0 Å². The van der Waals surface area contributed by atoms with Crippen molar-refractivity contribution >= 4 is 5.97 Å². The number of carboxylic acids is 1. The quantitative estimate of drug-likeness (QED) is 0.665. The number of hydrogen-bond donors (Lipinski definition) is 2. The molecule has 2 N–H and O–H groups in total. The van der Waals surface area contributed by atoms with Crippen molar-refractivity contribution in [1.29, 1.82) is 0 Å². The summed E-state index contributed by atoms with van der Waals surface area (Å²) in [4.78, 5) is 12.4. The highest BCUT2D eigenvalue weighted by atomic mass is 16.4. The molecule has 1 aliphatic heterocycles. The molecule has 0 aromatic carbocycles. The van der Waals surface area contributed by atoms with Crippen molar-refractivity contribution in [3.05, 3.63) is 0 Å². The first-order valence-corrected chi connectivity index (χ1v) is 4.75. The van der Waals surface area contributed by atoms with Crippen LogP contribution in [0.1, 0.15) is 26.2 Å². The summed E-state index contributed by atoms with van der Waals surface area (Å²) in [5.41, 5.74) is 0. The molecular formula is C9H17NO3. The maximum atomic E-state index is 10.3. The van der Waals surface area contributed by atoms with Crippen molar-refractivity contribution in [2.24, 2.45) is 0 Å². The Morgan fingerprint density at radius 2 is 2.38 bits per heavy atom. The maximum Gasteiger partial charge on any atom is 0.304 e. The number of rotatable bonds is 4. The van der Waals surface area contributed by atoms with Crippen LogP contribution in [0.3, 0.4) is 0 Å². The lowest BCUT2D eigenvalue weighted by Gasteiger charge is -2.25. The van der Waals surface area contributed by atoms with Crippen molar-refractivity contribution < 1.29 is 15.0 Å². The Kier molecular flexibility index (Phi) is 3.69. The predicted octanol–water partition coefficient (Wildman–Crippen LogP) is 0.306. The van der Waals surface area contributed by atoms with Crippen LogP contribution in [0.5, 0.6) is 0 Å². The molecule has 0 aromatic heterocycles. The fourth-order valence-corrected chi connectivity index (χ4v) is 1.92. The predicted molar refractivity (Wildman–Crippen MR) is 48.5 cm³/mol. The zero-order chi connectivity index (χ0) is 9.84. The largest absolute Gasteiger partial charge is 0.481 e. The lowest BCUT2D eigenvalue weighted by Crippen LogP contribution is -2.38. The molecule has 1 aliphatic rings. The number of aliphatic hydroxyl groups excluding tert-OH is 1. The Bertz CT molecular complexity index is 182. The van der Waals surface area contributed by atoms with E-state index < -0.39 is 5.97 Å². The number of aliphatic hydroxyl groups is 1. The second-order valence-electron chi connectivity index (χ2n) is 3.63. The summed E-state index contributed by atoms with van der Waals surface area (Å²) >= 11 is 0. The first-order valence-electron chi connectivity index (χ1n) is 4.75. The molecule has 1 rings (SSSR count). The number of nitrogens with zero attached hydrogens (tertiary/aromatic N) is 1. The Hall–Kier alpha value is -0.610. The van der Waals surface area contributed by atoms with E-state index in [-0.39, 0.29) is 18.6 Å². The third kappa shape index (κ3) is 2.97. The molecule has 1 saturated heterocycles. The van der Waals surface area contributed by atoms with Gasteiger partial charge in [0.1, 0.15) is 0 Å². The Morgan fingerprint density at radius 3 is 2.92 bits per heavy atom. The number of likely N-dealkylation sites (tertiary alicyclic amines) is 1. The van der Waals surface area contributed by atoms with Gasteiger partial charge in [-0.05, 0) is 26.3 Å². The monoisotopic (exact) mass is 187 g/mol. The molecule has 4 nitrogen and oxygen atoms in total. The lowest BCUT2D eigenvalue weighted by atomic mass is 10.1. The number of carbonyl (C=O) groups is 1. The third-order valence-electron chi connectivity index (χ3n) is 2.58. The van der Waals surface area contributed by atoms with Crippen molar-refractivity contribution in [2.75, 3.05) is 13.1 Å². The smallest absolute Gasteiger partial charge is 0.304 e. The molecule has 0 aliphatic carbocycles. The van der Waals surface area contributed by atoms with E-state index in [0.717, 1.165) is 19.4 Å². The average molecular weight is 187 g/mol. The van der Waals surface area contributed by atoms with E-state index in [4.69, 9.17) is 5.11 Å². The van der Waals surface area contributed by atoms with Crippen LogP contribution in [0, 0.1) is 0 Å². The molecule has 2 atom stereocenters. The Morgan fingerprint density at radius 1 is 1.69 bits per heavy atom. The van der Waals surface area contributed by atoms with Gasteiger partial charge in [0, 0.05) is 12.6 Å². The Balaban J connectivity index is 2.35. The van der Waals surface area contributed by atoms with Crippen molar-refractivity contribution in [1.82, 2.24) is 4.90 Å². The molecule has 0 radical (unpaired) electrons. The van der Waals surface area contributed by atoms with Crippen molar-refractivity contribution in [3.8, 4) is 0 Å². The highest BCUT2D eigenvalue weighted by molar-refractivity contribution is 5.66. The summed E-state index contributed by atoms with van der Waals surface area (Å²) in [6, 6.07) is 0.166. The topological polar surface area (TPSA) is 60.8 Å². The van der Waals surface area contributed by atoms with Crippen LogP contribution >= 0.6 is 0 Å². The zero-order valence-electron chi connectivity index (χ0n) is 7.94. The van der Waals surface area contributed by atoms with Crippen LogP contribution in [-0.4, -0.2) is 46.3 Å². The van der Waals surface area contributed by atoms with E-state index in [0.29, 0.717) is 6.54 Å². The van der Waals surface area contributed by atoms with E-state index in [1.165, 1.54) is 0 Å². The first-order chi connectivity index (χ1) is 6.11. The first kappa shape index (κ1) is 10.5. The Labute approximate surface area is 78.2 Å². The second kappa shape index (κ2) is 4.58. The number of carboxylic acid groups (broad SMARTS) is 1. The molecule has 13 heavy (non-hydrogen) atoms. The minimum atomic E-state index is -0.767. The van der Waals surface area contributed by atoms with Crippen molar-refractivity contribution in [2.45, 2.75) is 38.3 Å². The van der Waals surface area contributed by atoms with E-state index >= 15 is 0 Å². The molecule has 76 valence electrons. The van der Waals surface area contributed by atoms with E-state index in [1.807, 2.05) is 0 Å². The van der Waals surface area contributed by atoms with Gasteiger partial charge in [0.15, 0.2) is 0 Å². The molecule has 2 unspecified atom stereocenters. The van der Waals surface area contributed by atoms with Gasteiger partial charge >= 0.3 is 5.97 Å². The lowest BCUT2D eigenvalue weighted by molar-refractivity contribution is -0.137. The SMILES string of the molecule is CC(O)C1CCCN1CCC(=O)O. The van der Waals surface area contributed by atoms with Gasteiger partial charge in [0.2, 0.25) is 0 Å². The fourth-order valence-electron chi connectivity index (χ4n) is 1.92. The molecule has 0 spiro atoms. The molecule has 1 heterocycles. The van der Waals surface area contributed by atoms with Gasteiger partial charge in [-0.25, -0.2) is 0 Å². The zero-order valence-corrected chi connectivity index (χ0v) is 7.94. The van der Waals surface area contributed by atoms with Gasteiger partial charge in [-0.1, -0.05) is 0 Å². The van der Waals surface area contributed by atoms with Crippen LogP contribution in [-0.2, 0) is 4.79 Å². The summed E-state index contributed by atoms with van der Waals surface area (Å²) < 4.78 is 0. The highest BCUT2D eigenvalue weighted by Crippen LogP contribution is 2.19. The van der Waals surface area contributed by atoms with Gasteiger partial charge in [-0.15, -0.1) is 0 Å². The average Bonchev–Trinajstić information content (AvgIpc) is 2.47. The molecule has 0 saturated carbocycles. The summed E-state index contributed by atoms with van der Waals surface area (Å²) in [5, 5.41) is 17.9. The molecule has 1 fully saturated rings. The van der Waals surface area contributed by atoms with Gasteiger partial charge in [-0.3, -0.25) is 9.69 Å². The van der Waals surface area contributed by atoms with E-state index in [2.05, 4.69) is 4.90 Å². The maximum absolute atomic E-state index is 10.3. The van der Waals surface area contributed by atoms with E-state index in [1.54, 1.807) is 6.92 Å². The minimum absolute atomic E-state index is 0.166. The van der Waals surface area contributed by atoms with Gasteiger partial charge in [0.25, 0.3) is 0 Å². The van der Waals surface area contributed by atoms with Gasteiger partial charge < -0.3 is 10.2 Å². The fraction of sp³-hybridized carbons (Fsp3) is 0.889. The van der Waals surface area contributed by atoms with Crippen LogP contribution in [0.4, 0.5) is 0 Å². The molecule has 0 bridgehead atoms. The standard InChI is InChI=1S/C9H17NO3/c1-7(11)8-3-2-5-10(8)6-4-9(12)13/h7-8,11H,2-6H2,1H3,(H,12,13). The van der Waals surface area contributed by atoms with Crippen LogP contribution in [0.15, 0.2) is 0 Å². The van der Waals surface area contributed by atoms with Crippen LogP contribution in [0.25, 0.3) is 0 Å². The molecule has 4 heteroatoms. The van der Waals surface area contributed by atoms with Crippen LogP contribution < -0.4 is 0 Å². The minimum Gasteiger partial charge on any atom is -0.481 e. The van der Waals surface area contributed by atoms with Gasteiger partial charge in [0.05, 0.1) is 12.5 Å². The molecular weight excluding hydrogens is 170 g/mol. The normalized spacial score (nSPS) is 26.2. The number of aliphatic carboxylic acids is 1. The highest BCUT2D eigenvalue weighted by Gasteiger charge is 2.27. The summed E-state index contributed by atoms with van der Waals surface area (Å²) in [6.45, 7) is 3.25. The summed E-state index contributed by atoms with van der Waals surface area (Å²) in [5.74, 6) is -0.767. The summed E-state index contributed by atoms with van der Waals surface area (Å²) in [6.07, 6.45) is 1.87. The van der Waals surface area contributed by atoms with Gasteiger partial charge in [-0.2, -0.15) is 0 Å². The molecule has 0 amide bonds. The van der Waals surface area contributed by atoms with Crippen molar-refractivity contribution in [3.63, 3.8) is 0 Å². The third-order valence-corrected chi connectivity index (χ3v) is 2.58. The van der Waals surface area contributed by atoms with E-state index in [9.17, 15) is 9.90 Å². The molecule has 0 aromatic rings. The number of hydrogen-bond acceptors (Lipinski definition) is 3.